The molecule has 4 heterocycles. The molecule has 0 aliphatic carbocycles. The monoisotopic (exact) mass is 1380 g/mol. The first-order valence-corrected chi connectivity index (χ1v) is 37.8. The molecule has 17 rings (SSSR count). The Balaban J connectivity index is 1.07. The van der Waals surface area contributed by atoms with Crippen molar-refractivity contribution in [2.75, 3.05) is 9.80 Å². The Morgan fingerprint density at radius 2 is 0.645 bits per heavy atom. The molecule has 15 aromatic rings. The molecule has 2 aliphatic heterocycles. The van der Waals surface area contributed by atoms with Gasteiger partial charge in [-0.15, -0.1) is 0 Å². The highest BCUT2D eigenvalue weighted by Crippen LogP contribution is 2.55. The van der Waals surface area contributed by atoms with Crippen LogP contribution in [0.15, 0.2) is 267 Å². The highest BCUT2D eigenvalue weighted by atomic mass is 15.2. The van der Waals surface area contributed by atoms with Crippen molar-refractivity contribution >= 4 is 107 Å². The van der Waals surface area contributed by atoms with E-state index in [1.807, 2.05) is 0 Å². The van der Waals surface area contributed by atoms with Gasteiger partial charge < -0.3 is 18.9 Å². The zero-order chi connectivity index (χ0) is 74.5. The number of para-hydroxylation sites is 4. The molecule has 2 aliphatic rings. The number of aromatic nitrogens is 2. The van der Waals surface area contributed by atoms with Gasteiger partial charge >= 0.3 is 0 Å². The summed E-state index contributed by atoms with van der Waals surface area (Å²) >= 11 is 0. The van der Waals surface area contributed by atoms with Crippen LogP contribution in [0.25, 0.3) is 104 Å². The number of nitriles is 1. The van der Waals surface area contributed by atoms with E-state index in [9.17, 15) is 11.8 Å². The molecule has 0 saturated heterocycles. The lowest BCUT2D eigenvalue weighted by atomic mass is 9.33. The van der Waals surface area contributed by atoms with Gasteiger partial charge in [0.05, 0.1) is 51.6 Å². The van der Waals surface area contributed by atoms with Crippen molar-refractivity contribution in [1.29, 1.82) is 5.26 Å². The third kappa shape index (κ3) is 11.4. The SMILES string of the molecule is [C-]#[N+]c1cc(-c2cc(C(C)(C)C)cc(C(C)(C)C)c2)c(N2c3cc(-n4c5ccccc5c5ccccc54)ccc3B3c4ccc(-n5c6ccccc6c6ccccc65)cc4N(c4cc(-c5ccccc5)c(C#N)cc4-c4cc(C(C)(C)C)cc(C(C)(C)C)c4)c4cc(C(C)(C)C)cc2c43)cc1-c1ccccc1. The summed E-state index contributed by atoms with van der Waals surface area (Å²) in [4.78, 5) is 9.71. The molecule has 107 heavy (non-hydrogen) atoms. The minimum Gasteiger partial charge on any atom is -0.311 e. The van der Waals surface area contributed by atoms with Crippen molar-refractivity contribution in [2.45, 2.75) is 131 Å². The van der Waals surface area contributed by atoms with Crippen molar-refractivity contribution in [3.63, 3.8) is 0 Å². The molecule has 522 valence electrons. The number of fused-ring (bicyclic) bond motifs is 10. The summed E-state index contributed by atoms with van der Waals surface area (Å²) in [6, 6.07) is 102. The van der Waals surface area contributed by atoms with E-state index in [0.717, 1.165) is 134 Å². The van der Waals surface area contributed by atoms with Crippen LogP contribution in [0.4, 0.5) is 39.8 Å². The van der Waals surface area contributed by atoms with Gasteiger partial charge in [-0.2, -0.15) is 5.26 Å². The Bertz CT molecular complexity index is 5710. The first-order valence-electron chi connectivity index (χ1n) is 37.8. The Hall–Kier alpha value is -11.9. The maximum Gasteiger partial charge on any atom is 0.252 e. The standard InChI is InChI=1S/C100H89BN6/c1-96(2,3)67-47-64(48-68(52-67)97(4,5)6)80-51-66(61-102)78(62-31-19-17-20-32-62)59-89(80)106-91-56-72(104-85-39-27-23-35-74(85)75-36-24-28-40-86(75)104)43-45-82(91)101-83-46-44-73(105-87-41-29-25-37-76(87)77-38-26-30-42-88(77)105)57-92(83)107(94-55-71(100(13,14)15)54-93(106)95(94)101)90-60-79(63-33-21-18-22-34-63)84(103-16)58-81(90)65-49-69(98(7,8)9)53-70(50-65)99(10,11)12/h17-60H,1-15H3. The Kier molecular flexibility index (Phi) is 15.9. The van der Waals surface area contributed by atoms with Crippen molar-refractivity contribution in [2.24, 2.45) is 0 Å². The molecule has 0 N–H and O–H groups in total. The molecule has 0 unspecified atom stereocenters. The number of hydrogen-bond acceptors (Lipinski definition) is 3. The summed E-state index contributed by atoms with van der Waals surface area (Å²) in [5.41, 5.74) is 29.8. The van der Waals surface area contributed by atoms with Crippen LogP contribution in [0.1, 0.15) is 137 Å². The van der Waals surface area contributed by atoms with Gasteiger partial charge in [0.2, 0.25) is 0 Å². The molecule has 13 aromatic carbocycles. The van der Waals surface area contributed by atoms with Crippen LogP contribution in [-0.4, -0.2) is 15.8 Å². The highest BCUT2D eigenvalue weighted by Gasteiger charge is 2.46. The summed E-state index contributed by atoms with van der Waals surface area (Å²) < 4.78 is 4.92. The van der Waals surface area contributed by atoms with Crippen LogP contribution < -0.4 is 26.2 Å². The quantitative estimate of drug-likeness (QED) is 0.112. The van der Waals surface area contributed by atoms with E-state index < -0.39 is 5.41 Å². The second-order valence-electron chi connectivity index (χ2n) is 34.9. The van der Waals surface area contributed by atoms with Gasteiger partial charge in [-0.3, -0.25) is 0 Å². The summed E-state index contributed by atoms with van der Waals surface area (Å²) in [5.74, 6) is 0. The predicted molar refractivity (Wildman–Crippen MR) is 455 cm³/mol. The van der Waals surface area contributed by atoms with E-state index in [1.165, 1.54) is 43.8 Å². The van der Waals surface area contributed by atoms with Crippen LogP contribution in [0.5, 0.6) is 0 Å². The van der Waals surface area contributed by atoms with Gasteiger partial charge in [0.15, 0.2) is 5.69 Å². The van der Waals surface area contributed by atoms with E-state index in [4.69, 9.17) is 0 Å². The molecule has 0 amide bonds. The smallest absolute Gasteiger partial charge is 0.252 e. The van der Waals surface area contributed by atoms with Crippen molar-refractivity contribution in [3.05, 3.63) is 312 Å². The van der Waals surface area contributed by atoms with Gasteiger partial charge in [-0.05, 0) is 190 Å². The normalized spacial score (nSPS) is 13.1. The van der Waals surface area contributed by atoms with E-state index in [1.54, 1.807) is 0 Å². The zero-order valence-electron chi connectivity index (χ0n) is 64.2. The number of hydrogen-bond donors (Lipinski definition) is 0. The summed E-state index contributed by atoms with van der Waals surface area (Å²) in [6.45, 7) is 43.7. The summed E-state index contributed by atoms with van der Waals surface area (Å²) in [5, 5.41) is 16.5. The van der Waals surface area contributed by atoms with Crippen LogP contribution in [-0.2, 0) is 27.1 Å². The molecule has 0 fully saturated rings. The fraction of sp³-hybridized carbons (Fsp3) is 0.200. The first kappa shape index (κ1) is 68.2. The second kappa shape index (κ2) is 24.9. The highest BCUT2D eigenvalue weighted by molar-refractivity contribution is 7.00. The minimum absolute atomic E-state index is 0.212. The Morgan fingerprint density at radius 3 is 1.01 bits per heavy atom. The topological polar surface area (TPSA) is 44.5 Å². The molecule has 0 atom stereocenters. The van der Waals surface area contributed by atoms with Crippen molar-refractivity contribution in [3.8, 4) is 62.0 Å². The van der Waals surface area contributed by atoms with Gasteiger partial charge in [0.1, 0.15) is 0 Å². The number of nitrogens with zero attached hydrogens (tertiary/aromatic N) is 6. The average Bonchev–Trinajstić information content (AvgIpc) is 0.902. The van der Waals surface area contributed by atoms with Crippen molar-refractivity contribution < 1.29 is 0 Å². The van der Waals surface area contributed by atoms with Gasteiger partial charge in [-0.1, -0.05) is 286 Å². The molecular weight excluding hydrogens is 1300 g/mol. The number of benzene rings is 13. The van der Waals surface area contributed by atoms with Crippen LogP contribution in [0, 0.1) is 17.9 Å². The van der Waals surface area contributed by atoms with Crippen molar-refractivity contribution in [1.82, 2.24) is 9.13 Å². The van der Waals surface area contributed by atoms with Crippen LogP contribution in [0.2, 0.25) is 0 Å². The lowest BCUT2D eigenvalue weighted by Crippen LogP contribution is -2.61. The second-order valence-corrected chi connectivity index (χ2v) is 34.9. The Morgan fingerprint density at radius 1 is 0.308 bits per heavy atom. The van der Waals surface area contributed by atoms with E-state index >= 15 is 0 Å². The van der Waals surface area contributed by atoms with Gasteiger partial charge in [0.25, 0.3) is 6.71 Å². The van der Waals surface area contributed by atoms with Crippen LogP contribution in [0.3, 0.4) is 0 Å². The minimum atomic E-state index is -0.408. The molecule has 0 saturated carbocycles. The van der Waals surface area contributed by atoms with E-state index in [2.05, 4.69) is 401 Å². The molecule has 0 radical (unpaired) electrons. The zero-order valence-corrected chi connectivity index (χ0v) is 64.2. The maximum absolute atomic E-state index is 11.8. The third-order valence-electron chi connectivity index (χ3n) is 22.7. The van der Waals surface area contributed by atoms with E-state index in [0.29, 0.717) is 11.3 Å². The van der Waals surface area contributed by atoms with E-state index in [-0.39, 0.29) is 28.4 Å². The molecule has 2 aromatic heterocycles. The fourth-order valence-corrected chi connectivity index (χ4v) is 16.8. The summed E-state index contributed by atoms with van der Waals surface area (Å²) in [6.07, 6.45) is 0. The first-order chi connectivity index (χ1) is 51.1. The third-order valence-corrected chi connectivity index (χ3v) is 22.7. The lowest BCUT2D eigenvalue weighted by molar-refractivity contribution is 0.568. The molecular formula is C100H89BN6. The predicted octanol–water partition coefficient (Wildman–Crippen LogP) is 25.5. The summed E-state index contributed by atoms with van der Waals surface area (Å²) in [7, 11) is 0. The maximum atomic E-state index is 11.8. The Labute approximate surface area is 631 Å². The van der Waals surface area contributed by atoms with Gasteiger partial charge in [-0.25, -0.2) is 4.85 Å². The largest absolute Gasteiger partial charge is 0.311 e. The molecule has 0 bridgehead atoms. The molecule has 7 heteroatoms. The molecule has 6 nitrogen and oxygen atoms in total. The number of rotatable bonds is 8. The molecule has 0 spiro atoms. The fourth-order valence-electron chi connectivity index (χ4n) is 16.8. The van der Waals surface area contributed by atoms with Crippen LogP contribution >= 0.6 is 0 Å². The lowest BCUT2D eigenvalue weighted by Gasteiger charge is -2.46. The van der Waals surface area contributed by atoms with Gasteiger partial charge in [0, 0.05) is 66.8 Å². The number of anilines is 6. The average molecular weight is 1390 g/mol.